The molecule has 3 aromatic rings. The van der Waals surface area contributed by atoms with E-state index in [2.05, 4.69) is 47.6 Å². The summed E-state index contributed by atoms with van der Waals surface area (Å²) in [7, 11) is 1.93. The van der Waals surface area contributed by atoms with Crippen molar-refractivity contribution >= 4 is 17.7 Å². The average molecular weight is 381 g/mol. The number of hydrogen-bond donors (Lipinski definition) is 1. The molecule has 1 atom stereocenters. The standard InChI is InChI=1S/C21H24N4OS/c1-15-9-7-8-12-18(15)20-23-24-21(25(20)3)27-14-19(26)22-13-16(2)17-10-5-4-6-11-17/h4-12,16H,13-14H2,1-3H3,(H,22,26)/t16-/m1/s1. The predicted molar refractivity (Wildman–Crippen MR) is 110 cm³/mol. The molecule has 0 aliphatic rings. The molecule has 0 fully saturated rings. The van der Waals surface area contributed by atoms with Gasteiger partial charge in [0.05, 0.1) is 5.75 Å². The molecule has 0 radical (unpaired) electrons. The summed E-state index contributed by atoms with van der Waals surface area (Å²) in [6.07, 6.45) is 0. The Balaban J connectivity index is 1.54. The zero-order valence-electron chi connectivity index (χ0n) is 15.8. The molecule has 0 saturated heterocycles. The fraction of sp³-hybridized carbons (Fsp3) is 0.286. The predicted octanol–water partition coefficient (Wildman–Crippen LogP) is 3.80. The molecule has 0 saturated carbocycles. The lowest BCUT2D eigenvalue weighted by molar-refractivity contribution is -0.118. The van der Waals surface area contributed by atoms with Gasteiger partial charge in [0.2, 0.25) is 5.91 Å². The van der Waals surface area contributed by atoms with E-state index >= 15 is 0 Å². The minimum Gasteiger partial charge on any atom is -0.355 e. The Morgan fingerprint density at radius 1 is 1.11 bits per heavy atom. The van der Waals surface area contributed by atoms with Crippen molar-refractivity contribution in [1.82, 2.24) is 20.1 Å². The third-order valence-electron chi connectivity index (χ3n) is 4.53. The molecular weight excluding hydrogens is 356 g/mol. The number of thioether (sulfide) groups is 1. The van der Waals surface area contributed by atoms with Crippen LogP contribution in [0.15, 0.2) is 59.8 Å². The van der Waals surface area contributed by atoms with E-state index in [0.29, 0.717) is 12.3 Å². The third kappa shape index (κ3) is 4.77. The van der Waals surface area contributed by atoms with E-state index in [-0.39, 0.29) is 11.8 Å². The van der Waals surface area contributed by atoms with E-state index < -0.39 is 0 Å². The van der Waals surface area contributed by atoms with Crippen LogP contribution in [0.25, 0.3) is 11.4 Å². The van der Waals surface area contributed by atoms with Gasteiger partial charge in [0.15, 0.2) is 11.0 Å². The molecule has 1 aromatic heterocycles. The van der Waals surface area contributed by atoms with Crippen molar-refractivity contribution in [3.8, 4) is 11.4 Å². The van der Waals surface area contributed by atoms with Crippen molar-refractivity contribution in [2.24, 2.45) is 7.05 Å². The molecule has 0 unspecified atom stereocenters. The van der Waals surface area contributed by atoms with Gasteiger partial charge in [0, 0.05) is 19.2 Å². The fourth-order valence-electron chi connectivity index (χ4n) is 2.85. The number of nitrogens with zero attached hydrogens (tertiary/aromatic N) is 3. The van der Waals surface area contributed by atoms with Crippen LogP contribution in [0.4, 0.5) is 0 Å². The molecule has 0 aliphatic carbocycles. The Hall–Kier alpha value is -2.60. The van der Waals surface area contributed by atoms with Gasteiger partial charge in [-0.2, -0.15) is 0 Å². The van der Waals surface area contributed by atoms with Gasteiger partial charge in [-0.05, 0) is 24.0 Å². The van der Waals surface area contributed by atoms with Crippen molar-refractivity contribution in [1.29, 1.82) is 0 Å². The smallest absolute Gasteiger partial charge is 0.230 e. The van der Waals surface area contributed by atoms with Gasteiger partial charge in [0.25, 0.3) is 0 Å². The maximum atomic E-state index is 12.2. The molecule has 1 amide bonds. The van der Waals surface area contributed by atoms with Crippen LogP contribution in [-0.2, 0) is 11.8 Å². The SMILES string of the molecule is Cc1ccccc1-c1nnc(SCC(=O)NC[C@@H](C)c2ccccc2)n1C. The lowest BCUT2D eigenvalue weighted by Crippen LogP contribution is -2.29. The topological polar surface area (TPSA) is 59.8 Å². The number of benzene rings is 2. The highest BCUT2D eigenvalue weighted by atomic mass is 32.2. The molecule has 140 valence electrons. The number of aromatic nitrogens is 3. The number of hydrogen-bond acceptors (Lipinski definition) is 4. The van der Waals surface area contributed by atoms with E-state index in [1.54, 1.807) is 0 Å². The van der Waals surface area contributed by atoms with E-state index in [9.17, 15) is 4.79 Å². The normalized spacial score (nSPS) is 12.0. The maximum Gasteiger partial charge on any atom is 0.230 e. The molecule has 0 spiro atoms. The first-order chi connectivity index (χ1) is 13.1. The summed E-state index contributed by atoms with van der Waals surface area (Å²) in [5, 5.41) is 12.3. The van der Waals surface area contributed by atoms with Crippen LogP contribution in [0.3, 0.4) is 0 Å². The lowest BCUT2D eigenvalue weighted by Gasteiger charge is -2.13. The quantitative estimate of drug-likeness (QED) is 0.633. The Kier molecular flexibility index (Phi) is 6.29. The largest absolute Gasteiger partial charge is 0.355 e. The van der Waals surface area contributed by atoms with E-state index in [1.807, 2.05) is 48.0 Å². The number of nitrogens with one attached hydrogen (secondary N) is 1. The molecule has 1 heterocycles. The number of carbonyl (C=O) groups is 1. The number of carbonyl (C=O) groups excluding carboxylic acids is 1. The zero-order chi connectivity index (χ0) is 19.2. The van der Waals surface area contributed by atoms with Crippen LogP contribution in [0.1, 0.15) is 24.0 Å². The molecule has 0 bridgehead atoms. The molecule has 1 N–H and O–H groups in total. The molecular formula is C21H24N4OS. The van der Waals surface area contributed by atoms with E-state index in [1.165, 1.54) is 17.3 Å². The van der Waals surface area contributed by atoms with Crippen molar-refractivity contribution in [2.45, 2.75) is 24.9 Å². The van der Waals surface area contributed by atoms with Gasteiger partial charge in [0.1, 0.15) is 0 Å². The monoisotopic (exact) mass is 380 g/mol. The van der Waals surface area contributed by atoms with Crippen LogP contribution in [0.5, 0.6) is 0 Å². The van der Waals surface area contributed by atoms with Gasteiger partial charge >= 0.3 is 0 Å². The van der Waals surface area contributed by atoms with Gasteiger partial charge in [-0.3, -0.25) is 4.79 Å². The second-order valence-corrected chi connectivity index (χ2v) is 7.53. The van der Waals surface area contributed by atoms with Crippen LogP contribution in [-0.4, -0.2) is 33.0 Å². The number of rotatable bonds is 7. The van der Waals surface area contributed by atoms with Crippen molar-refractivity contribution in [3.05, 3.63) is 65.7 Å². The Labute approximate surface area is 164 Å². The summed E-state index contributed by atoms with van der Waals surface area (Å²) in [6, 6.07) is 18.3. The summed E-state index contributed by atoms with van der Waals surface area (Å²) in [4.78, 5) is 12.2. The van der Waals surface area contributed by atoms with Gasteiger partial charge < -0.3 is 9.88 Å². The molecule has 6 heteroatoms. The highest BCUT2D eigenvalue weighted by molar-refractivity contribution is 7.99. The first-order valence-corrected chi connectivity index (χ1v) is 9.94. The highest BCUT2D eigenvalue weighted by Gasteiger charge is 2.14. The van der Waals surface area contributed by atoms with Crippen molar-refractivity contribution in [2.75, 3.05) is 12.3 Å². The molecule has 0 aliphatic heterocycles. The summed E-state index contributed by atoms with van der Waals surface area (Å²) in [6.45, 7) is 4.79. The summed E-state index contributed by atoms with van der Waals surface area (Å²) in [5.74, 6) is 1.42. The van der Waals surface area contributed by atoms with E-state index in [4.69, 9.17) is 0 Å². The minimum atomic E-state index is 0.00298. The molecule has 5 nitrogen and oxygen atoms in total. The average Bonchev–Trinajstić information content (AvgIpc) is 3.06. The first kappa shape index (κ1) is 19.2. The van der Waals surface area contributed by atoms with Crippen molar-refractivity contribution in [3.63, 3.8) is 0 Å². The summed E-state index contributed by atoms with van der Waals surface area (Å²) in [5.41, 5.74) is 3.43. The van der Waals surface area contributed by atoms with Crippen LogP contribution in [0, 0.1) is 6.92 Å². The van der Waals surface area contributed by atoms with E-state index in [0.717, 1.165) is 22.1 Å². The Morgan fingerprint density at radius 3 is 2.56 bits per heavy atom. The second-order valence-electron chi connectivity index (χ2n) is 6.58. The summed E-state index contributed by atoms with van der Waals surface area (Å²) < 4.78 is 1.94. The molecule has 27 heavy (non-hydrogen) atoms. The third-order valence-corrected chi connectivity index (χ3v) is 5.55. The van der Waals surface area contributed by atoms with Gasteiger partial charge in [-0.15, -0.1) is 10.2 Å². The Morgan fingerprint density at radius 2 is 1.81 bits per heavy atom. The summed E-state index contributed by atoms with van der Waals surface area (Å²) >= 11 is 1.40. The minimum absolute atomic E-state index is 0.00298. The number of amides is 1. The van der Waals surface area contributed by atoms with Gasteiger partial charge in [-0.25, -0.2) is 0 Å². The van der Waals surface area contributed by atoms with Gasteiger partial charge in [-0.1, -0.05) is 73.3 Å². The lowest BCUT2D eigenvalue weighted by atomic mass is 10.0. The Bertz CT molecular complexity index is 908. The van der Waals surface area contributed by atoms with Crippen LogP contribution in [0.2, 0.25) is 0 Å². The van der Waals surface area contributed by atoms with Crippen LogP contribution < -0.4 is 5.32 Å². The highest BCUT2D eigenvalue weighted by Crippen LogP contribution is 2.24. The zero-order valence-corrected chi connectivity index (χ0v) is 16.7. The number of aryl methyl sites for hydroxylation is 1. The molecule has 2 aromatic carbocycles. The molecule has 3 rings (SSSR count). The van der Waals surface area contributed by atoms with Crippen molar-refractivity contribution < 1.29 is 4.79 Å². The first-order valence-electron chi connectivity index (χ1n) is 8.96. The fourth-order valence-corrected chi connectivity index (χ4v) is 3.59. The second kappa shape index (κ2) is 8.86. The van der Waals surface area contributed by atoms with Crippen LogP contribution >= 0.6 is 11.8 Å². The maximum absolute atomic E-state index is 12.2.